The Kier molecular flexibility index (Phi) is 15.8. The van der Waals surface area contributed by atoms with E-state index in [-0.39, 0.29) is 35.6 Å². The third-order valence-corrected chi connectivity index (χ3v) is 2.60. The van der Waals surface area contributed by atoms with Crippen LogP contribution in [0.3, 0.4) is 0 Å². The molecule has 0 aliphatic carbocycles. The van der Waals surface area contributed by atoms with Crippen molar-refractivity contribution in [3.8, 4) is 0 Å². The maximum atomic E-state index is 10.8. The van der Waals surface area contributed by atoms with Gasteiger partial charge in [0.05, 0.1) is 6.61 Å². The second kappa shape index (κ2) is 15.4. The number of halogens is 1. The molecule has 0 fully saturated rings. The fourth-order valence-corrected chi connectivity index (χ4v) is 1.31. The Bertz CT molecular complexity index is 391. The lowest BCUT2D eigenvalue weighted by Gasteiger charge is -2.10. The Hall–Kier alpha value is -1.54. The van der Waals surface area contributed by atoms with Crippen molar-refractivity contribution in [1.82, 2.24) is 4.90 Å². The third kappa shape index (κ3) is 11.7. The van der Waals surface area contributed by atoms with E-state index in [9.17, 15) is 19.2 Å². The van der Waals surface area contributed by atoms with E-state index in [4.69, 9.17) is 4.74 Å². The molecular weight excluding hydrogens is 370 g/mol. The van der Waals surface area contributed by atoms with Gasteiger partial charge in [0.15, 0.2) is 0 Å². The van der Waals surface area contributed by atoms with Gasteiger partial charge in [0.2, 0.25) is 0 Å². The average molecular weight is 394 g/mol. The summed E-state index contributed by atoms with van der Waals surface area (Å²) < 4.78 is 9.41. The van der Waals surface area contributed by atoms with Crippen molar-refractivity contribution in [2.75, 3.05) is 26.9 Å². The Morgan fingerprint density at radius 2 is 1.78 bits per heavy atom. The summed E-state index contributed by atoms with van der Waals surface area (Å²) in [4.78, 5) is 43.0. The molecule has 1 aliphatic rings. The van der Waals surface area contributed by atoms with Crippen LogP contribution >= 0.6 is 15.9 Å². The number of methoxy groups -OCH3 is 1. The fraction of sp³-hybridized carbons (Fsp3) is 0.600. The van der Waals surface area contributed by atoms with Crippen LogP contribution in [0.5, 0.6) is 0 Å². The van der Waals surface area contributed by atoms with Crippen LogP contribution < -0.4 is 0 Å². The number of hydrogen-bond donors (Lipinski definition) is 0. The lowest BCUT2D eigenvalue weighted by molar-refractivity contribution is -0.143. The van der Waals surface area contributed by atoms with Gasteiger partial charge in [0, 0.05) is 32.2 Å². The Labute approximate surface area is 145 Å². The lowest BCUT2D eigenvalue weighted by atomic mass is 10.4. The molecule has 0 spiro atoms. The summed E-state index contributed by atoms with van der Waals surface area (Å²) in [6, 6.07) is 0. The van der Waals surface area contributed by atoms with Gasteiger partial charge in [-0.05, 0) is 6.92 Å². The molecule has 0 saturated carbocycles. The van der Waals surface area contributed by atoms with Crippen LogP contribution in [-0.2, 0) is 28.7 Å². The fourth-order valence-electron chi connectivity index (χ4n) is 1.17. The molecule has 1 heterocycles. The topological polar surface area (TPSA) is 90.0 Å². The second-order valence-electron chi connectivity index (χ2n) is 3.89. The quantitative estimate of drug-likeness (QED) is 0.214. The normalized spacial score (nSPS) is 13.5. The van der Waals surface area contributed by atoms with Crippen LogP contribution in [0.4, 0.5) is 0 Å². The number of carbonyl (C=O) groups excluding carboxylic acids is 4. The van der Waals surface area contributed by atoms with Crippen LogP contribution in [-0.4, -0.2) is 60.7 Å². The van der Waals surface area contributed by atoms with Crippen molar-refractivity contribution in [2.24, 2.45) is 0 Å². The number of ether oxygens (including phenoxy) is 2. The monoisotopic (exact) mass is 393 g/mol. The summed E-state index contributed by atoms with van der Waals surface area (Å²) in [5.41, 5.74) is 0. The second-order valence-corrected chi connectivity index (χ2v) is 5.27. The minimum atomic E-state index is -0.336. The Morgan fingerprint density at radius 3 is 2.17 bits per heavy atom. The zero-order chi connectivity index (χ0) is 18.3. The molecule has 23 heavy (non-hydrogen) atoms. The number of esters is 1. The molecule has 0 aromatic heterocycles. The summed E-state index contributed by atoms with van der Waals surface area (Å²) in [5, 5.41) is 0. The van der Waals surface area contributed by atoms with E-state index in [1.54, 1.807) is 14.0 Å². The molecule has 1 atom stereocenters. The first-order chi connectivity index (χ1) is 10.9. The molecule has 132 valence electrons. The summed E-state index contributed by atoms with van der Waals surface area (Å²) in [7, 11) is 1.56. The van der Waals surface area contributed by atoms with Gasteiger partial charge >= 0.3 is 5.97 Å². The van der Waals surface area contributed by atoms with Crippen molar-refractivity contribution in [3.63, 3.8) is 0 Å². The van der Waals surface area contributed by atoms with Crippen LogP contribution in [0.1, 0.15) is 27.2 Å². The smallest absolute Gasteiger partial charge is 0.319 e. The van der Waals surface area contributed by atoms with Crippen LogP contribution in [0.15, 0.2) is 12.2 Å². The summed E-state index contributed by atoms with van der Waals surface area (Å²) >= 11 is 3.08. The molecule has 8 heteroatoms. The number of amides is 2. The van der Waals surface area contributed by atoms with Crippen LogP contribution in [0.25, 0.3) is 0 Å². The summed E-state index contributed by atoms with van der Waals surface area (Å²) in [6.07, 6.45) is 3.29. The zero-order valence-corrected chi connectivity index (χ0v) is 15.5. The van der Waals surface area contributed by atoms with Crippen LogP contribution in [0, 0.1) is 0 Å². The number of rotatable bonds is 7. The number of hydrogen-bond acceptors (Lipinski definition) is 6. The first kappa shape index (κ1) is 23.7. The lowest BCUT2D eigenvalue weighted by Crippen LogP contribution is -2.30. The van der Waals surface area contributed by atoms with Gasteiger partial charge in [-0.2, -0.15) is 0 Å². The zero-order valence-electron chi connectivity index (χ0n) is 13.9. The van der Waals surface area contributed by atoms with Gasteiger partial charge in [-0.3, -0.25) is 19.3 Å². The predicted molar refractivity (Wildman–Crippen MR) is 89.1 cm³/mol. The molecule has 0 bridgehead atoms. The molecule has 0 radical (unpaired) electrons. The molecule has 0 aromatic rings. The van der Waals surface area contributed by atoms with Gasteiger partial charge in [0.1, 0.15) is 17.7 Å². The van der Waals surface area contributed by atoms with E-state index in [2.05, 4.69) is 20.7 Å². The SMILES string of the molecule is CC.COCCOC(=O)C(C)Br.O=CCCN1C(=O)C=CC1=O. The molecule has 1 rings (SSSR count). The van der Waals surface area contributed by atoms with E-state index in [0.717, 1.165) is 4.90 Å². The number of carbonyl (C=O) groups is 4. The van der Waals surface area contributed by atoms with Crippen LogP contribution in [0.2, 0.25) is 0 Å². The Balaban J connectivity index is 0. The molecule has 0 N–H and O–H groups in total. The van der Waals surface area contributed by atoms with E-state index < -0.39 is 0 Å². The highest BCUT2D eigenvalue weighted by atomic mass is 79.9. The van der Waals surface area contributed by atoms with E-state index in [0.29, 0.717) is 19.5 Å². The molecule has 0 aromatic carbocycles. The first-order valence-corrected chi connectivity index (χ1v) is 8.12. The van der Waals surface area contributed by atoms with Gasteiger partial charge < -0.3 is 14.3 Å². The molecule has 1 aliphatic heterocycles. The van der Waals surface area contributed by atoms with E-state index in [1.165, 1.54) is 12.2 Å². The average Bonchev–Trinajstić information content (AvgIpc) is 2.86. The number of alkyl halides is 1. The minimum absolute atomic E-state index is 0.189. The number of aldehydes is 1. The summed E-state index contributed by atoms with van der Waals surface area (Å²) in [6.45, 7) is 6.68. The standard InChI is InChI=1S/C7H7NO3.C6H11BrO3.C2H6/c9-5-1-4-8-6(10)2-3-7(8)11;1-5(7)6(8)10-4-3-9-2;1-2/h2-3,5H,1,4H2;5H,3-4H2,1-2H3;1-2H3. The van der Waals surface area contributed by atoms with Crippen molar-refractivity contribution in [1.29, 1.82) is 0 Å². The highest BCUT2D eigenvalue weighted by Gasteiger charge is 2.21. The molecule has 7 nitrogen and oxygen atoms in total. The molecule has 0 saturated heterocycles. The van der Waals surface area contributed by atoms with Crippen molar-refractivity contribution >= 4 is 40.0 Å². The molecule has 2 amide bonds. The third-order valence-electron chi connectivity index (χ3n) is 2.23. The first-order valence-electron chi connectivity index (χ1n) is 7.20. The van der Waals surface area contributed by atoms with Crippen molar-refractivity contribution in [2.45, 2.75) is 32.0 Å². The maximum Gasteiger partial charge on any atom is 0.319 e. The summed E-state index contributed by atoms with van der Waals surface area (Å²) in [5.74, 6) is -0.925. The van der Waals surface area contributed by atoms with E-state index >= 15 is 0 Å². The van der Waals surface area contributed by atoms with Gasteiger partial charge in [-0.15, -0.1) is 0 Å². The highest BCUT2D eigenvalue weighted by Crippen LogP contribution is 2.02. The van der Waals surface area contributed by atoms with Gasteiger partial charge in [-0.1, -0.05) is 29.8 Å². The van der Waals surface area contributed by atoms with E-state index in [1.807, 2.05) is 13.8 Å². The highest BCUT2D eigenvalue weighted by molar-refractivity contribution is 9.10. The molecule has 1 unspecified atom stereocenters. The van der Waals surface area contributed by atoms with Crippen molar-refractivity contribution < 1.29 is 28.7 Å². The van der Waals surface area contributed by atoms with Crippen molar-refractivity contribution in [3.05, 3.63) is 12.2 Å². The van der Waals surface area contributed by atoms with Gasteiger partial charge in [0.25, 0.3) is 11.8 Å². The Morgan fingerprint density at radius 1 is 1.26 bits per heavy atom. The minimum Gasteiger partial charge on any atom is -0.462 e. The number of nitrogens with zero attached hydrogens (tertiary/aromatic N) is 1. The van der Waals surface area contributed by atoms with Gasteiger partial charge in [-0.25, -0.2) is 0 Å². The molecular formula is C15H24BrNO6. The predicted octanol–water partition coefficient (Wildman–Crippen LogP) is 1.49. The number of imide groups is 1. The largest absolute Gasteiger partial charge is 0.462 e. The maximum absolute atomic E-state index is 10.8.